The van der Waals surface area contributed by atoms with Gasteiger partial charge in [0.05, 0.1) is 5.56 Å². The average Bonchev–Trinajstić information content (AvgIpc) is 2.39. The highest BCUT2D eigenvalue weighted by atomic mass is 79.9. The Morgan fingerprint density at radius 1 is 1.00 bits per heavy atom. The molecule has 1 nitrogen and oxygen atoms in total. The normalized spacial score (nSPS) is 11.4. The molecule has 0 unspecified atom stereocenters. The van der Waals surface area contributed by atoms with Gasteiger partial charge in [-0.05, 0) is 42.5 Å². The van der Waals surface area contributed by atoms with Crippen molar-refractivity contribution in [3.63, 3.8) is 0 Å². The van der Waals surface area contributed by atoms with Gasteiger partial charge in [0, 0.05) is 22.3 Å². The molecule has 0 fully saturated rings. The van der Waals surface area contributed by atoms with Crippen molar-refractivity contribution in [1.82, 2.24) is 0 Å². The van der Waals surface area contributed by atoms with Crippen molar-refractivity contribution in [2.75, 3.05) is 5.32 Å². The third-order valence-corrected chi connectivity index (χ3v) is 3.20. The Morgan fingerprint density at radius 2 is 1.65 bits per heavy atom. The molecule has 0 heterocycles. The lowest BCUT2D eigenvalue weighted by molar-refractivity contribution is -0.137. The van der Waals surface area contributed by atoms with Crippen LogP contribution in [0.25, 0.3) is 0 Å². The lowest BCUT2D eigenvalue weighted by Gasteiger charge is -2.10. The van der Waals surface area contributed by atoms with E-state index in [1.165, 1.54) is 18.2 Å². The van der Waals surface area contributed by atoms with Gasteiger partial charge in [-0.1, -0.05) is 15.9 Å². The molecule has 0 atom stereocenters. The van der Waals surface area contributed by atoms with Gasteiger partial charge in [-0.2, -0.15) is 13.2 Å². The second-order valence-electron chi connectivity index (χ2n) is 4.16. The largest absolute Gasteiger partial charge is 0.416 e. The Hall–Kier alpha value is -1.56. The smallest absolute Gasteiger partial charge is 0.381 e. The molecule has 0 bridgehead atoms. The molecule has 2 rings (SSSR count). The van der Waals surface area contributed by atoms with Crippen molar-refractivity contribution in [2.24, 2.45) is 0 Å². The molecule has 0 aliphatic heterocycles. The minimum Gasteiger partial charge on any atom is -0.381 e. The monoisotopic (exact) mass is 347 g/mol. The van der Waals surface area contributed by atoms with Crippen LogP contribution in [0, 0.1) is 5.82 Å². The first-order valence-corrected chi connectivity index (χ1v) is 6.50. The second-order valence-corrected chi connectivity index (χ2v) is 5.08. The van der Waals surface area contributed by atoms with Crippen LogP contribution in [0.15, 0.2) is 46.9 Å². The summed E-state index contributed by atoms with van der Waals surface area (Å²) in [6, 6.07) is 9.13. The summed E-state index contributed by atoms with van der Waals surface area (Å²) in [7, 11) is 0. The van der Waals surface area contributed by atoms with Gasteiger partial charge < -0.3 is 5.32 Å². The average molecular weight is 348 g/mol. The van der Waals surface area contributed by atoms with E-state index in [4.69, 9.17) is 0 Å². The number of benzene rings is 2. The van der Waals surface area contributed by atoms with E-state index in [9.17, 15) is 17.6 Å². The number of halogens is 5. The van der Waals surface area contributed by atoms with Crippen LogP contribution in [0.4, 0.5) is 23.2 Å². The number of anilines is 1. The predicted molar refractivity (Wildman–Crippen MR) is 72.9 cm³/mol. The number of alkyl halides is 3. The van der Waals surface area contributed by atoms with Crippen LogP contribution in [-0.4, -0.2) is 0 Å². The number of nitrogens with one attached hydrogen (secondary N) is 1. The van der Waals surface area contributed by atoms with Gasteiger partial charge in [0.25, 0.3) is 0 Å². The highest BCUT2D eigenvalue weighted by Crippen LogP contribution is 2.30. The second kappa shape index (κ2) is 5.83. The Morgan fingerprint density at radius 3 is 2.25 bits per heavy atom. The minimum absolute atomic E-state index is 0.191. The molecular weight excluding hydrogens is 338 g/mol. The van der Waals surface area contributed by atoms with Gasteiger partial charge in [0.1, 0.15) is 5.82 Å². The first kappa shape index (κ1) is 14.8. The molecule has 0 radical (unpaired) electrons. The van der Waals surface area contributed by atoms with Crippen molar-refractivity contribution < 1.29 is 17.6 Å². The fourth-order valence-corrected chi connectivity index (χ4v) is 2.06. The molecular formula is C14H10BrF4N. The predicted octanol–water partition coefficient (Wildman–Crippen LogP) is 5.22. The quantitative estimate of drug-likeness (QED) is 0.750. The molecule has 2 aromatic rings. The van der Waals surface area contributed by atoms with Crippen molar-refractivity contribution >= 4 is 21.6 Å². The van der Waals surface area contributed by atoms with Crippen LogP contribution in [0.3, 0.4) is 0 Å². The highest BCUT2D eigenvalue weighted by molar-refractivity contribution is 9.10. The van der Waals surface area contributed by atoms with Crippen molar-refractivity contribution in [2.45, 2.75) is 12.7 Å². The zero-order valence-corrected chi connectivity index (χ0v) is 11.7. The van der Waals surface area contributed by atoms with Crippen molar-refractivity contribution in [3.8, 4) is 0 Å². The maximum atomic E-state index is 13.5. The molecule has 20 heavy (non-hydrogen) atoms. The standard InChI is InChI=1S/C14H10BrF4N/c15-11-3-6-13(16)9(7-11)8-20-12-4-1-10(2-5-12)14(17,18)19/h1-7,20H,8H2. The first-order valence-electron chi connectivity index (χ1n) is 5.71. The van der Waals surface area contributed by atoms with Crippen LogP contribution < -0.4 is 5.32 Å². The Labute approximate surface area is 121 Å². The molecule has 2 aromatic carbocycles. The third-order valence-electron chi connectivity index (χ3n) is 2.70. The Kier molecular flexibility index (Phi) is 4.32. The molecule has 6 heteroatoms. The van der Waals surface area contributed by atoms with E-state index in [-0.39, 0.29) is 12.4 Å². The lowest BCUT2D eigenvalue weighted by Crippen LogP contribution is -2.05. The number of rotatable bonds is 3. The molecule has 106 valence electrons. The van der Waals surface area contributed by atoms with E-state index < -0.39 is 11.7 Å². The van der Waals surface area contributed by atoms with Crippen molar-refractivity contribution in [3.05, 3.63) is 63.9 Å². The van der Waals surface area contributed by atoms with E-state index in [1.807, 2.05) is 0 Å². The minimum atomic E-state index is -4.35. The van der Waals surface area contributed by atoms with E-state index >= 15 is 0 Å². The molecule has 0 aliphatic rings. The third kappa shape index (κ3) is 3.72. The lowest BCUT2D eigenvalue weighted by atomic mass is 10.2. The zero-order valence-electron chi connectivity index (χ0n) is 10.1. The summed E-state index contributed by atoms with van der Waals surface area (Å²) in [6.45, 7) is 0.191. The Balaban J connectivity index is 2.06. The number of hydrogen-bond donors (Lipinski definition) is 1. The van der Waals surface area contributed by atoms with Crippen LogP contribution >= 0.6 is 15.9 Å². The summed E-state index contributed by atoms with van der Waals surface area (Å²) in [4.78, 5) is 0. The summed E-state index contributed by atoms with van der Waals surface area (Å²) in [5, 5.41) is 2.88. The van der Waals surface area contributed by atoms with Gasteiger partial charge in [-0.15, -0.1) is 0 Å². The Bertz CT molecular complexity index is 593. The molecule has 0 aromatic heterocycles. The molecule has 0 saturated heterocycles. The van der Waals surface area contributed by atoms with Crippen LogP contribution in [0.1, 0.15) is 11.1 Å². The molecule has 1 N–H and O–H groups in total. The maximum absolute atomic E-state index is 13.5. The summed E-state index contributed by atoms with van der Waals surface area (Å²) < 4.78 is 51.4. The van der Waals surface area contributed by atoms with E-state index in [0.29, 0.717) is 11.3 Å². The van der Waals surface area contributed by atoms with Crippen LogP contribution in [0.5, 0.6) is 0 Å². The molecule has 0 amide bonds. The van der Waals surface area contributed by atoms with E-state index in [2.05, 4.69) is 21.2 Å². The summed E-state index contributed by atoms with van der Waals surface area (Å²) in [6.07, 6.45) is -4.35. The van der Waals surface area contributed by atoms with E-state index in [1.54, 1.807) is 12.1 Å². The molecule has 0 aliphatic carbocycles. The highest BCUT2D eigenvalue weighted by Gasteiger charge is 2.29. The van der Waals surface area contributed by atoms with Gasteiger partial charge in [-0.3, -0.25) is 0 Å². The molecule has 0 spiro atoms. The number of hydrogen-bond acceptors (Lipinski definition) is 1. The molecule has 0 saturated carbocycles. The fraction of sp³-hybridized carbons (Fsp3) is 0.143. The maximum Gasteiger partial charge on any atom is 0.416 e. The van der Waals surface area contributed by atoms with Gasteiger partial charge in [-0.25, -0.2) is 4.39 Å². The topological polar surface area (TPSA) is 12.0 Å². The SMILES string of the molecule is Fc1ccc(Br)cc1CNc1ccc(C(F)(F)F)cc1. The van der Waals surface area contributed by atoms with Crippen LogP contribution in [0.2, 0.25) is 0 Å². The summed E-state index contributed by atoms with van der Waals surface area (Å²) >= 11 is 3.23. The van der Waals surface area contributed by atoms with Crippen LogP contribution in [-0.2, 0) is 12.7 Å². The summed E-state index contributed by atoms with van der Waals surface area (Å²) in [5.74, 6) is -0.368. The first-order chi connectivity index (χ1) is 9.36. The van der Waals surface area contributed by atoms with Crippen molar-refractivity contribution in [1.29, 1.82) is 0 Å². The fourth-order valence-electron chi connectivity index (χ4n) is 1.65. The summed E-state index contributed by atoms with van der Waals surface area (Å²) in [5.41, 5.74) is 0.216. The van der Waals surface area contributed by atoms with Gasteiger partial charge in [0.15, 0.2) is 0 Å². The van der Waals surface area contributed by atoms with E-state index in [0.717, 1.165) is 16.6 Å². The zero-order chi connectivity index (χ0) is 14.8. The van der Waals surface area contributed by atoms with Gasteiger partial charge >= 0.3 is 6.18 Å². The van der Waals surface area contributed by atoms with Gasteiger partial charge in [0.2, 0.25) is 0 Å².